The molecule has 0 aliphatic heterocycles. The third kappa shape index (κ3) is 18.4. The highest BCUT2D eigenvalue weighted by Gasteiger charge is 2.07. The molecule has 3 heterocycles. The number of hydrogen-bond donors (Lipinski definition) is 2. The number of benzene rings is 3. The van der Waals surface area contributed by atoms with Crippen molar-refractivity contribution in [3.8, 4) is 29.0 Å². The van der Waals surface area contributed by atoms with E-state index in [2.05, 4.69) is 15.0 Å². The first-order chi connectivity index (χ1) is 23.9. The number of nitrogens with two attached hydrogens (primary N) is 1. The third-order valence-electron chi connectivity index (χ3n) is 5.46. The first-order valence-corrected chi connectivity index (χ1v) is 14.1. The van der Waals surface area contributed by atoms with E-state index in [0.29, 0.717) is 17.3 Å². The summed E-state index contributed by atoms with van der Waals surface area (Å²) in [6, 6.07) is 25.2. The van der Waals surface area contributed by atoms with E-state index in [0.717, 1.165) is 18.5 Å². The molecule has 3 aromatic carbocycles. The van der Waals surface area contributed by atoms with Crippen LogP contribution in [0.25, 0.3) is 0 Å². The van der Waals surface area contributed by atoms with Crippen molar-refractivity contribution in [1.29, 1.82) is 0 Å². The van der Waals surface area contributed by atoms with Gasteiger partial charge < -0.3 is 20.3 Å². The summed E-state index contributed by atoms with van der Waals surface area (Å²) < 4.78 is 48.2. The van der Waals surface area contributed by atoms with E-state index in [9.17, 15) is 33.4 Å². The van der Waals surface area contributed by atoms with Crippen LogP contribution in [0.15, 0.2) is 128 Å². The Kier molecular flexibility index (Phi) is 23.0. The topological polar surface area (TPSA) is 190 Å². The Balaban J connectivity index is 0. The van der Waals surface area contributed by atoms with Crippen molar-refractivity contribution in [3.05, 3.63) is 171 Å². The van der Waals surface area contributed by atoms with Gasteiger partial charge in [-0.25, -0.2) is 28.1 Å². The highest BCUT2D eigenvalue weighted by atomic mass is 35.5. The number of rotatable bonds is 6. The van der Waals surface area contributed by atoms with Crippen LogP contribution in [0, 0.1) is 37.7 Å². The molecule has 0 saturated heterocycles. The molecule has 17 heteroatoms. The molecule has 0 aliphatic carbocycles. The summed E-state index contributed by atoms with van der Waals surface area (Å²) in [7, 11) is 0. The van der Waals surface area contributed by atoms with Crippen molar-refractivity contribution in [3.63, 3.8) is 0 Å². The Bertz CT molecular complexity index is 1980. The van der Waals surface area contributed by atoms with Gasteiger partial charge in [0, 0.05) is 42.5 Å². The molecule has 0 amide bonds. The van der Waals surface area contributed by atoms with Gasteiger partial charge in [-0.3, -0.25) is 20.2 Å². The smallest absolute Gasteiger partial charge is 0.287 e. The van der Waals surface area contributed by atoms with Crippen LogP contribution in [-0.2, 0) is 0 Å². The lowest BCUT2D eigenvalue weighted by Gasteiger charge is -2.04. The molecule has 0 unspecified atom stereocenters. The molecule has 3 N–H and O–H groups in total. The maximum absolute atomic E-state index is 12.9. The molecule has 13 nitrogen and oxygen atoms in total. The summed E-state index contributed by atoms with van der Waals surface area (Å²) in [4.78, 5) is 30.5. The standard InChI is InChI=1S/C11H7FN2O3.C11H9FN2O.C6H5FO.C5H3ClN2O2.4CH4/c12-8-2-1-3-10(6-8)17-11-5-4-9(7-13-11)14(15)16;12-8-2-1-3-10(6-8)15-11-5-4-9(13)7-14-11;7-5-2-1-3-6(8)4-5;6-5-2-1-4(3-7-5)8(9)10;;;;/h1-7H;1-7H,13H2;1-4,8H;1-3H;4*1H4. The predicted octanol–water partition coefficient (Wildman–Crippen LogP) is 11.2. The Morgan fingerprint density at radius 2 is 1.02 bits per heavy atom. The third-order valence-corrected chi connectivity index (χ3v) is 5.68. The van der Waals surface area contributed by atoms with Gasteiger partial charge >= 0.3 is 0 Å². The van der Waals surface area contributed by atoms with Crippen LogP contribution in [0.1, 0.15) is 29.7 Å². The molecule has 0 aliphatic rings. The van der Waals surface area contributed by atoms with Crippen molar-refractivity contribution in [2.45, 2.75) is 29.7 Å². The van der Waals surface area contributed by atoms with E-state index in [4.69, 9.17) is 31.9 Å². The molecule has 0 fully saturated rings. The van der Waals surface area contributed by atoms with Gasteiger partial charge in [-0.15, -0.1) is 0 Å². The second-order valence-corrected chi connectivity index (χ2v) is 9.62. The molecule has 0 saturated carbocycles. The number of phenols is 1. The number of anilines is 1. The van der Waals surface area contributed by atoms with Crippen LogP contribution < -0.4 is 15.2 Å². The molecule has 54 heavy (non-hydrogen) atoms. The van der Waals surface area contributed by atoms with Crippen molar-refractivity contribution in [2.24, 2.45) is 0 Å². The van der Waals surface area contributed by atoms with E-state index in [1.165, 1.54) is 79.0 Å². The molecule has 6 rings (SSSR count). The van der Waals surface area contributed by atoms with Crippen LogP contribution >= 0.6 is 11.6 Å². The Labute approximate surface area is 315 Å². The van der Waals surface area contributed by atoms with E-state index in [1.807, 2.05) is 0 Å². The van der Waals surface area contributed by atoms with E-state index >= 15 is 0 Å². The summed E-state index contributed by atoms with van der Waals surface area (Å²) in [5.74, 6) is 0.0250. The average Bonchev–Trinajstić information content (AvgIpc) is 3.07. The molecule has 6 aromatic rings. The quantitative estimate of drug-likeness (QED) is 0.0930. The largest absolute Gasteiger partial charge is 0.508 e. The number of pyridine rings is 3. The second-order valence-electron chi connectivity index (χ2n) is 9.24. The van der Waals surface area contributed by atoms with Crippen LogP contribution in [0.4, 0.5) is 30.2 Å². The number of phenolic OH excluding ortho intramolecular Hbond substituents is 1. The fraction of sp³-hybridized carbons (Fsp3) is 0.108. The predicted molar refractivity (Wildman–Crippen MR) is 203 cm³/mol. The normalized spacial score (nSPS) is 8.96. The zero-order valence-electron chi connectivity index (χ0n) is 25.3. The number of nitro groups is 2. The minimum atomic E-state index is -0.557. The van der Waals surface area contributed by atoms with Crippen LogP contribution in [-0.4, -0.2) is 29.9 Å². The first-order valence-electron chi connectivity index (χ1n) is 13.8. The summed E-state index contributed by atoms with van der Waals surface area (Å²) in [6.45, 7) is 0. The Morgan fingerprint density at radius 3 is 1.35 bits per heavy atom. The van der Waals surface area contributed by atoms with Gasteiger partial charge in [-0.2, -0.15) is 0 Å². The number of aromatic nitrogens is 3. The molecular weight excluding hydrogens is 733 g/mol. The van der Waals surface area contributed by atoms with Gasteiger partial charge in [-0.1, -0.05) is 59.5 Å². The maximum Gasteiger partial charge on any atom is 0.287 e. The van der Waals surface area contributed by atoms with Crippen LogP contribution in [0.2, 0.25) is 5.15 Å². The maximum atomic E-state index is 12.9. The van der Waals surface area contributed by atoms with Crippen molar-refractivity contribution in [1.82, 2.24) is 15.0 Å². The van der Waals surface area contributed by atoms with Gasteiger partial charge in [0.05, 0.1) is 21.7 Å². The highest BCUT2D eigenvalue weighted by molar-refractivity contribution is 6.29. The molecule has 3 aromatic heterocycles. The van der Waals surface area contributed by atoms with Gasteiger partial charge in [0.2, 0.25) is 11.8 Å². The number of halogens is 4. The number of hydrogen-bond acceptors (Lipinski definition) is 11. The zero-order valence-corrected chi connectivity index (χ0v) is 26.1. The minimum absolute atomic E-state index is 0. The lowest BCUT2D eigenvalue weighted by molar-refractivity contribution is -0.385. The lowest BCUT2D eigenvalue weighted by atomic mass is 10.3. The zero-order chi connectivity index (χ0) is 36.5. The van der Waals surface area contributed by atoms with Gasteiger partial charge in [0.1, 0.15) is 52.2 Å². The molecule has 0 atom stereocenters. The fourth-order valence-corrected chi connectivity index (χ4v) is 3.36. The number of ether oxygens (including phenoxy) is 2. The number of nitrogens with zero attached hydrogens (tertiary/aromatic N) is 5. The summed E-state index contributed by atoms with van der Waals surface area (Å²) in [6.07, 6.45) is 3.67. The molecule has 0 spiro atoms. The second kappa shape index (κ2) is 25.2. The lowest BCUT2D eigenvalue weighted by Crippen LogP contribution is -1.91. The van der Waals surface area contributed by atoms with Gasteiger partial charge in [0.15, 0.2) is 0 Å². The monoisotopic (exact) mass is 772 g/mol. The fourth-order valence-electron chi connectivity index (χ4n) is 3.25. The summed E-state index contributed by atoms with van der Waals surface area (Å²) in [5.41, 5.74) is 5.84. The van der Waals surface area contributed by atoms with Crippen LogP contribution in [0.5, 0.6) is 29.0 Å². The van der Waals surface area contributed by atoms with E-state index in [-0.39, 0.29) is 69.4 Å². The molecule has 0 radical (unpaired) electrons. The summed E-state index contributed by atoms with van der Waals surface area (Å²) >= 11 is 5.38. The van der Waals surface area contributed by atoms with Crippen LogP contribution in [0.3, 0.4) is 0 Å². The van der Waals surface area contributed by atoms with E-state index < -0.39 is 21.5 Å². The highest BCUT2D eigenvalue weighted by Crippen LogP contribution is 2.22. The summed E-state index contributed by atoms with van der Waals surface area (Å²) in [5, 5.41) is 29.3. The Hall–Kier alpha value is -6.81. The SMILES string of the molecule is C.C.C.C.Nc1ccc(Oc2cccc(F)c2)nc1.O=[N+]([O-])c1ccc(Cl)nc1.O=[N+]([O-])c1ccc(Oc2cccc(F)c2)nc1.Oc1cccc(F)c1. The van der Waals surface area contributed by atoms with Crippen molar-refractivity contribution < 1.29 is 37.6 Å². The number of nitrogen functional groups attached to an aromatic ring is 1. The van der Waals surface area contributed by atoms with Crippen molar-refractivity contribution in [2.75, 3.05) is 5.73 Å². The van der Waals surface area contributed by atoms with Crippen molar-refractivity contribution >= 4 is 28.7 Å². The minimum Gasteiger partial charge on any atom is -0.508 e. The van der Waals surface area contributed by atoms with E-state index in [1.54, 1.807) is 30.3 Å². The molecule has 0 bridgehead atoms. The Morgan fingerprint density at radius 1 is 0.593 bits per heavy atom. The number of aromatic hydroxyl groups is 1. The first kappa shape index (κ1) is 49.3. The molecular formula is C37H40ClF3N6O7. The van der Waals surface area contributed by atoms with Gasteiger partial charge in [-0.05, 0) is 48.5 Å². The van der Waals surface area contributed by atoms with Gasteiger partial charge in [0.25, 0.3) is 11.4 Å². The average molecular weight is 773 g/mol. The molecule has 288 valence electrons.